The molecule has 0 unspecified atom stereocenters. The lowest BCUT2D eigenvalue weighted by Gasteiger charge is -2.58. The zero-order chi connectivity index (χ0) is 48.7. The summed E-state index contributed by atoms with van der Waals surface area (Å²) in [4.78, 5) is 55.9. The molecule has 0 radical (unpaired) electrons. The molecule has 5 aromatic rings. The van der Waals surface area contributed by atoms with E-state index in [1.807, 2.05) is 11.0 Å². The molecule has 2 aliphatic carbocycles. The lowest BCUT2D eigenvalue weighted by molar-refractivity contribution is -0.384. The van der Waals surface area contributed by atoms with Gasteiger partial charge in [0.25, 0.3) is 15.9 Å². The minimum Gasteiger partial charge on any atom is -0.455 e. The van der Waals surface area contributed by atoms with Crippen LogP contribution < -0.4 is 19.7 Å². The number of pyridine rings is 2. The van der Waals surface area contributed by atoms with E-state index in [-0.39, 0.29) is 40.6 Å². The van der Waals surface area contributed by atoms with Gasteiger partial charge in [-0.05, 0) is 111 Å². The highest BCUT2D eigenvalue weighted by Crippen LogP contribution is 2.53. The van der Waals surface area contributed by atoms with Crippen LogP contribution in [0.3, 0.4) is 0 Å². The van der Waals surface area contributed by atoms with Crippen LogP contribution in [0, 0.1) is 21.4 Å². The number of aromatic amines is 1. The van der Waals surface area contributed by atoms with Crippen LogP contribution in [0.5, 0.6) is 11.5 Å². The predicted molar refractivity (Wildman–Crippen MR) is 260 cm³/mol. The molecule has 18 nitrogen and oxygen atoms in total. The van der Waals surface area contributed by atoms with Crippen LogP contribution >= 0.6 is 0 Å². The number of rotatable bonds is 13. The number of anilines is 2. The van der Waals surface area contributed by atoms with Crippen LogP contribution in [0.15, 0.2) is 84.1 Å². The number of amides is 2. The number of sulfonamides is 1. The van der Waals surface area contributed by atoms with Crippen molar-refractivity contribution in [3.8, 4) is 11.5 Å². The Bertz CT molecular complexity index is 2830. The minimum absolute atomic E-state index is 0.0619. The number of carbonyl (C=O) groups is 2. The molecule has 9 rings (SSSR count). The van der Waals surface area contributed by atoms with Gasteiger partial charge in [-0.25, -0.2) is 27.9 Å². The van der Waals surface area contributed by atoms with Crippen molar-refractivity contribution in [1.82, 2.24) is 29.5 Å². The van der Waals surface area contributed by atoms with Gasteiger partial charge < -0.3 is 34.7 Å². The zero-order valence-corrected chi connectivity index (χ0v) is 40.3. The van der Waals surface area contributed by atoms with Crippen molar-refractivity contribution in [1.29, 1.82) is 0 Å². The molecule has 2 amide bonds. The Morgan fingerprint density at radius 1 is 0.986 bits per heavy atom. The van der Waals surface area contributed by atoms with Crippen LogP contribution in [0.25, 0.3) is 11.0 Å². The fraction of sp³-hybridized carbons (Fsp3) is 0.480. The van der Waals surface area contributed by atoms with E-state index in [9.17, 15) is 33.2 Å². The number of fused-ring (bicyclic) bond motifs is 1. The molecule has 19 heteroatoms. The molecule has 69 heavy (non-hydrogen) atoms. The summed E-state index contributed by atoms with van der Waals surface area (Å²) in [6.07, 6.45) is 10.7. The van der Waals surface area contributed by atoms with Gasteiger partial charge >= 0.3 is 11.8 Å². The Labute approximate surface area is 402 Å². The molecular weight excluding hydrogens is 903 g/mol. The van der Waals surface area contributed by atoms with Gasteiger partial charge in [0.1, 0.15) is 22.0 Å². The van der Waals surface area contributed by atoms with Gasteiger partial charge in [-0.1, -0.05) is 38.1 Å². The Morgan fingerprint density at radius 3 is 2.46 bits per heavy atom. The Morgan fingerprint density at radius 2 is 1.74 bits per heavy atom. The molecule has 5 heterocycles. The Hall–Kier alpha value is -6.31. The van der Waals surface area contributed by atoms with E-state index in [0.717, 1.165) is 81.5 Å². The second-order valence-corrected chi connectivity index (χ2v) is 21.6. The first-order chi connectivity index (χ1) is 33.0. The van der Waals surface area contributed by atoms with Crippen molar-refractivity contribution in [3.05, 3.63) is 106 Å². The third-order valence-electron chi connectivity index (χ3n) is 15.0. The molecule has 1 atom stereocenters. The van der Waals surface area contributed by atoms with Gasteiger partial charge in [0.05, 0.1) is 41.6 Å². The highest BCUT2D eigenvalue weighted by Gasteiger charge is 2.50. The number of ether oxygens (including phenoxy) is 2. The number of carbonyl (C=O) groups excluding carboxylic acids is 2. The van der Waals surface area contributed by atoms with Gasteiger partial charge in [0.2, 0.25) is 5.82 Å². The lowest BCUT2D eigenvalue weighted by Crippen LogP contribution is -2.60. The van der Waals surface area contributed by atoms with Crippen LogP contribution in [-0.2, 0) is 14.8 Å². The van der Waals surface area contributed by atoms with Crippen LogP contribution in [0.4, 0.5) is 22.0 Å². The van der Waals surface area contributed by atoms with Gasteiger partial charge in [-0.3, -0.25) is 19.8 Å². The average molecular weight is 964 g/mol. The number of piperazine rings is 1. The smallest absolute Gasteiger partial charge is 0.409 e. The standard InChI is InChI=1S/C50H61N9O9S/c1-32(2)39-7-5-6-8-40(39)43-31-57(48(61)67-4)21-22-58(43)36-26-50(27-36)16-19-56(20-17-50)35-9-10-41(44(24-35)68-37-23-34-13-18-51-45(34)53-29-37)47(60)55-69(65,66)38-25-42(59(63)64)46(54-30-38)52-28-33-11-14-49(3,62)15-12-33/h5-10,13,18,23-25,29-30,32-33,36,43,62H,11-12,14-17,19-22,26-28,31H2,1-4H3,(H,51,53)(H,52,54)(H,55,60)/t33-,43-,49-/m1/s1. The number of methoxy groups -OCH3 is 1. The number of aromatic nitrogens is 3. The maximum Gasteiger partial charge on any atom is 0.409 e. The van der Waals surface area contributed by atoms with Gasteiger partial charge in [-0.2, -0.15) is 0 Å². The van der Waals surface area contributed by atoms with Crippen LogP contribution in [0.2, 0.25) is 0 Å². The summed E-state index contributed by atoms with van der Waals surface area (Å²) in [5.41, 5.74) is 2.82. The largest absolute Gasteiger partial charge is 0.455 e. The Balaban J connectivity index is 0.900. The maximum absolute atomic E-state index is 14.0. The quantitative estimate of drug-likeness (QED) is 0.0646. The first-order valence-electron chi connectivity index (χ1n) is 23.9. The fourth-order valence-corrected chi connectivity index (χ4v) is 11.8. The molecule has 1 spiro atoms. The molecule has 2 aromatic carbocycles. The van der Waals surface area contributed by atoms with Crippen molar-refractivity contribution in [2.45, 2.75) is 101 Å². The summed E-state index contributed by atoms with van der Waals surface area (Å²) in [5.74, 6) is -0.157. The molecule has 2 aliphatic heterocycles. The van der Waals surface area contributed by atoms with Crippen molar-refractivity contribution >= 4 is 50.2 Å². The Kier molecular flexibility index (Phi) is 13.3. The number of aliphatic hydroxyl groups is 1. The van der Waals surface area contributed by atoms with E-state index in [4.69, 9.17) is 9.47 Å². The van der Waals surface area contributed by atoms with Crippen molar-refractivity contribution in [2.75, 3.05) is 56.6 Å². The molecule has 2 saturated carbocycles. The molecule has 366 valence electrons. The summed E-state index contributed by atoms with van der Waals surface area (Å²) in [6, 6.07) is 18.5. The highest BCUT2D eigenvalue weighted by atomic mass is 32.2. The normalized spacial score (nSPS) is 22.1. The van der Waals surface area contributed by atoms with E-state index in [0.29, 0.717) is 55.8 Å². The maximum atomic E-state index is 14.0. The van der Waals surface area contributed by atoms with Gasteiger partial charge in [0, 0.05) is 74.7 Å². The van der Waals surface area contributed by atoms with Gasteiger partial charge in [-0.15, -0.1) is 0 Å². The molecule has 4 aliphatic rings. The number of piperidine rings is 1. The topological polar surface area (TPSA) is 225 Å². The first kappa shape index (κ1) is 47.7. The molecule has 0 bridgehead atoms. The van der Waals surface area contributed by atoms with Crippen molar-refractivity contribution in [3.63, 3.8) is 0 Å². The number of hydrogen-bond acceptors (Lipinski definition) is 14. The van der Waals surface area contributed by atoms with Crippen molar-refractivity contribution in [2.24, 2.45) is 11.3 Å². The molecular formula is C50H61N9O9S. The van der Waals surface area contributed by atoms with E-state index in [1.165, 1.54) is 30.5 Å². The molecule has 3 aromatic heterocycles. The van der Waals surface area contributed by atoms with Crippen molar-refractivity contribution < 1.29 is 37.5 Å². The molecule has 2 saturated heterocycles. The third kappa shape index (κ3) is 10.2. The summed E-state index contributed by atoms with van der Waals surface area (Å²) >= 11 is 0. The van der Waals surface area contributed by atoms with E-state index >= 15 is 0 Å². The summed E-state index contributed by atoms with van der Waals surface area (Å²) in [7, 11) is -3.22. The van der Waals surface area contributed by atoms with Crippen LogP contribution in [-0.4, -0.2) is 113 Å². The summed E-state index contributed by atoms with van der Waals surface area (Å²) < 4.78 is 41.1. The number of nitrogens with zero attached hydrogens (tertiary/aromatic N) is 6. The third-order valence-corrected chi connectivity index (χ3v) is 16.3. The van der Waals surface area contributed by atoms with Crippen LogP contribution in [0.1, 0.15) is 106 Å². The number of H-pyrrole nitrogens is 1. The second-order valence-electron chi connectivity index (χ2n) is 19.9. The monoisotopic (exact) mass is 963 g/mol. The summed E-state index contributed by atoms with van der Waals surface area (Å²) in [5, 5.41) is 26.2. The zero-order valence-electron chi connectivity index (χ0n) is 39.5. The number of benzene rings is 2. The molecule has 4 N–H and O–H groups in total. The number of nitro groups is 1. The summed E-state index contributed by atoms with van der Waals surface area (Å²) in [6.45, 7) is 10.1. The van der Waals surface area contributed by atoms with E-state index in [2.05, 4.69) is 72.9 Å². The fourth-order valence-electron chi connectivity index (χ4n) is 10.9. The SMILES string of the molecule is COC(=O)N1CCN(C2CC3(CCN(c4ccc(C(=O)NS(=O)(=O)c5cnc(NC[C@H]6CC[C@](C)(O)CC6)c([N+](=O)[O-])c5)c(Oc5cnc6[nH]ccc6c5)c4)CC3)C2)[C@@H](c2ccccc2C(C)C)C1. The van der Waals surface area contributed by atoms with Gasteiger partial charge in [0.15, 0.2) is 0 Å². The minimum atomic E-state index is -4.66. The average Bonchev–Trinajstić information content (AvgIpc) is 3.80. The lowest BCUT2D eigenvalue weighted by atomic mass is 9.59. The first-order valence-corrected chi connectivity index (χ1v) is 25.3. The van der Waals surface area contributed by atoms with E-state index in [1.54, 1.807) is 31.3 Å². The number of hydrogen-bond donors (Lipinski definition) is 4. The molecule has 4 fully saturated rings. The highest BCUT2D eigenvalue weighted by molar-refractivity contribution is 7.90. The van der Waals surface area contributed by atoms with E-state index < -0.39 is 37.0 Å². The predicted octanol–water partition coefficient (Wildman–Crippen LogP) is 8.13. The second kappa shape index (κ2) is 19.2. The number of nitrogens with one attached hydrogen (secondary N) is 3.